The minimum atomic E-state index is -0.857. The number of pyridine rings is 1. The first kappa shape index (κ1) is 36.4. The van der Waals surface area contributed by atoms with Crippen molar-refractivity contribution < 1.29 is 27.5 Å². The Labute approximate surface area is 339 Å². The van der Waals surface area contributed by atoms with Crippen molar-refractivity contribution in [3.63, 3.8) is 0 Å². The number of carbonyl (C=O) groups excluding carboxylic acids is 2. The molecule has 306 valence electrons. The van der Waals surface area contributed by atoms with Crippen LogP contribution in [-0.2, 0) is 20.9 Å². The van der Waals surface area contributed by atoms with Gasteiger partial charge >= 0.3 is 0 Å². The second-order valence-electron chi connectivity index (χ2n) is 15.9. The number of hydrogen-bond donors (Lipinski definition) is 1. The molecule has 0 radical (unpaired) electrons. The number of rotatable bonds is 5. The van der Waals surface area contributed by atoms with Crippen LogP contribution in [0.4, 0.5) is 30.9 Å². The van der Waals surface area contributed by atoms with E-state index in [0.717, 1.165) is 36.9 Å². The van der Waals surface area contributed by atoms with E-state index in [1.54, 1.807) is 36.2 Å². The second-order valence-corrected chi connectivity index (χ2v) is 15.9. The van der Waals surface area contributed by atoms with E-state index in [1.165, 1.54) is 16.9 Å². The Morgan fingerprint density at radius 1 is 0.900 bits per heavy atom. The van der Waals surface area contributed by atoms with Crippen LogP contribution in [0.3, 0.4) is 0 Å². The average molecular weight is 819 g/mol. The fraction of sp³-hybridized carbons (Fsp3) is 0.375. The summed E-state index contributed by atoms with van der Waals surface area (Å²) in [6.45, 7) is 2.88. The molecule has 6 aliphatic rings. The zero-order valence-corrected chi connectivity index (χ0v) is 32.6. The first-order chi connectivity index (χ1) is 29.0. The van der Waals surface area contributed by atoms with Crippen LogP contribution >= 0.6 is 0 Å². The summed E-state index contributed by atoms with van der Waals surface area (Å²) >= 11 is 0. The third-order valence-corrected chi connectivity index (χ3v) is 12.1. The molecule has 2 amide bonds. The van der Waals surface area contributed by atoms with Gasteiger partial charge in [0, 0.05) is 57.3 Å². The van der Waals surface area contributed by atoms with Crippen molar-refractivity contribution in [1.29, 1.82) is 0 Å². The van der Waals surface area contributed by atoms with Gasteiger partial charge in [-0.25, -0.2) is 32.8 Å². The summed E-state index contributed by atoms with van der Waals surface area (Å²) in [5.41, 5.74) is 2.43. The molecule has 60 heavy (non-hydrogen) atoms. The van der Waals surface area contributed by atoms with E-state index >= 15 is 8.78 Å². The minimum Gasteiger partial charge on any atom is -0.378 e. The number of amides is 2. The number of ether oxygens (including phenoxy) is 1. The summed E-state index contributed by atoms with van der Waals surface area (Å²) in [6, 6.07) is 3.21. The maximum atomic E-state index is 15.7. The Morgan fingerprint density at radius 2 is 1.75 bits per heavy atom. The number of aromatic nitrogens is 9. The van der Waals surface area contributed by atoms with E-state index in [1.807, 2.05) is 27.4 Å². The molecule has 2 saturated heterocycles. The van der Waals surface area contributed by atoms with Gasteiger partial charge in [0.25, 0.3) is 0 Å². The monoisotopic (exact) mass is 818 g/mol. The summed E-state index contributed by atoms with van der Waals surface area (Å²) in [5.74, 6) is -1.32. The fourth-order valence-corrected chi connectivity index (χ4v) is 9.00. The number of likely N-dealkylation sites (N-methyl/N-ethyl adjacent to an activating group) is 1. The Bertz CT molecular complexity index is 2820. The molecule has 0 spiro atoms. The van der Waals surface area contributed by atoms with E-state index in [2.05, 4.69) is 25.4 Å². The van der Waals surface area contributed by atoms with E-state index in [9.17, 15) is 14.0 Å². The average Bonchev–Trinajstić information content (AvgIpc) is 3.72. The van der Waals surface area contributed by atoms with Gasteiger partial charge in [0.05, 0.1) is 48.0 Å². The number of piperazine rings is 1. The lowest BCUT2D eigenvalue weighted by molar-refractivity contribution is -0.134. The van der Waals surface area contributed by atoms with E-state index in [-0.39, 0.29) is 78.5 Å². The smallest absolute Gasteiger partial charge is 0.250 e. The van der Waals surface area contributed by atoms with Crippen LogP contribution in [0, 0.1) is 24.4 Å². The van der Waals surface area contributed by atoms with Crippen molar-refractivity contribution in [1.82, 2.24) is 54.1 Å². The van der Waals surface area contributed by atoms with Gasteiger partial charge in [0.1, 0.15) is 46.6 Å². The maximum Gasteiger partial charge on any atom is 0.250 e. The summed E-state index contributed by atoms with van der Waals surface area (Å²) in [6.07, 6.45) is 7.68. The van der Waals surface area contributed by atoms with Crippen LogP contribution in [0.25, 0.3) is 39.1 Å². The number of aryl methyl sites for hydroxylation is 1. The molecule has 10 heterocycles. The molecule has 1 N–H and O–H groups in total. The summed E-state index contributed by atoms with van der Waals surface area (Å²) < 4.78 is 54.4. The van der Waals surface area contributed by atoms with E-state index in [0.29, 0.717) is 34.6 Å². The number of anilines is 3. The SMILES string of the molecule is CO[C@H]1CN(C)C(=O)[C@@H]2C[C@@H](CN2c2nc(N3C4=C[C@@H]3C(=O)N(C3CC3)C4)nc3c2cnn3-c2ccc(F)cc2F)Nc2ncc(F)c(n2)-c2nccc3nc(C)n(c23)C1. The van der Waals surface area contributed by atoms with Gasteiger partial charge in [-0.3, -0.25) is 19.5 Å². The lowest BCUT2D eigenvalue weighted by Crippen LogP contribution is -2.62. The standard InChI is InChI=1S/C40H37F3N14O3/c1-19-47-28-8-9-44-33-32-27(43)14-45-39(49-32)48-21-11-30(37(58)52(2)17-24(60-3)18-53(19)34(28)33)55(15-21)35-25-13-46-57(29-7-4-20(41)10-26(29)42)36(25)51-40(50-35)56-23-12-31(56)38(59)54(16-23)22-5-6-22/h4,7-10,12-14,21-22,24,30-31H,5-6,11,15-18H2,1-3H3,(H,45,48,49)/t21-,24-,30-,31+/m0/s1. The summed E-state index contributed by atoms with van der Waals surface area (Å²) in [7, 11) is 3.28. The van der Waals surface area contributed by atoms with Crippen LogP contribution in [0.15, 0.2) is 54.6 Å². The first-order valence-electron chi connectivity index (χ1n) is 19.7. The number of hydrogen-bond acceptors (Lipinski definition) is 13. The van der Waals surface area contributed by atoms with E-state index in [4.69, 9.17) is 19.7 Å². The highest BCUT2D eigenvalue weighted by Gasteiger charge is 2.50. The molecule has 4 atom stereocenters. The summed E-state index contributed by atoms with van der Waals surface area (Å²) in [4.78, 5) is 63.7. The quantitative estimate of drug-likeness (QED) is 0.269. The van der Waals surface area contributed by atoms with Gasteiger partial charge in [0.2, 0.25) is 23.7 Å². The van der Waals surface area contributed by atoms with Gasteiger partial charge in [-0.15, -0.1) is 0 Å². The van der Waals surface area contributed by atoms with E-state index < -0.39 is 41.7 Å². The number of fused-ring (bicyclic) bond motifs is 8. The highest BCUT2D eigenvalue weighted by atomic mass is 19.1. The molecule has 6 aromatic rings. The largest absolute Gasteiger partial charge is 0.378 e. The second kappa shape index (κ2) is 13.4. The van der Waals surface area contributed by atoms with Crippen molar-refractivity contribution in [2.45, 2.75) is 63.0 Å². The number of methoxy groups -OCH3 is 1. The maximum absolute atomic E-state index is 15.7. The number of imidazole rings is 1. The highest BCUT2D eigenvalue weighted by molar-refractivity contribution is 5.97. The van der Waals surface area contributed by atoms with Crippen LogP contribution in [0.5, 0.6) is 0 Å². The minimum absolute atomic E-state index is 0.0190. The van der Waals surface area contributed by atoms with Crippen molar-refractivity contribution in [3.8, 4) is 17.1 Å². The van der Waals surface area contributed by atoms with Crippen LogP contribution in [0.1, 0.15) is 25.1 Å². The van der Waals surface area contributed by atoms with Crippen LogP contribution < -0.4 is 15.1 Å². The lowest BCUT2D eigenvalue weighted by Gasteiger charge is -2.48. The molecule has 0 unspecified atom stereocenters. The molecule has 5 aliphatic heterocycles. The predicted octanol–water partition coefficient (Wildman–Crippen LogP) is 3.37. The third kappa shape index (κ3) is 5.67. The fourth-order valence-electron chi connectivity index (χ4n) is 9.00. The van der Waals surface area contributed by atoms with Crippen molar-refractivity contribution in [2.75, 3.05) is 48.9 Å². The molecule has 3 fully saturated rings. The molecule has 1 saturated carbocycles. The summed E-state index contributed by atoms with van der Waals surface area (Å²) in [5, 5.41) is 8.24. The van der Waals surface area contributed by atoms with Crippen molar-refractivity contribution >= 4 is 51.6 Å². The van der Waals surface area contributed by atoms with Gasteiger partial charge in [-0.2, -0.15) is 15.1 Å². The first-order valence-corrected chi connectivity index (χ1v) is 19.7. The Hall–Kier alpha value is -6.70. The van der Waals surface area contributed by atoms with Crippen molar-refractivity contribution in [3.05, 3.63) is 77.9 Å². The van der Waals surface area contributed by atoms with Gasteiger partial charge < -0.3 is 29.3 Å². The lowest BCUT2D eigenvalue weighted by atomic mass is 9.98. The zero-order valence-electron chi connectivity index (χ0n) is 32.6. The van der Waals surface area contributed by atoms with Crippen LogP contribution in [0.2, 0.25) is 0 Å². The Kier molecular flexibility index (Phi) is 8.13. The number of nitrogens with one attached hydrogen (secondary N) is 1. The third-order valence-electron chi connectivity index (χ3n) is 12.1. The van der Waals surface area contributed by atoms with Crippen LogP contribution in [-0.4, -0.2) is 130 Å². The molecule has 6 bridgehead atoms. The Morgan fingerprint density at radius 3 is 2.53 bits per heavy atom. The molecular weight excluding hydrogens is 782 g/mol. The number of benzene rings is 1. The molecule has 20 heteroatoms. The zero-order chi connectivity index (χ0) is 41.1. The molecular formula is C40H37F3N14O3. The van der Waals surface area contributed by atoms with Gasteiger partial charge in [0.15, 0.2) is 17.3 Å². The van der Waals surface area contributed by atoms with Gasteiger partial charge in [-0.05, 0) is 50.5 Å². The number of carbonyl (C=O) groups is 2. The predicted molar refractivity (Wildman–Crippen MR) is 211 cm³/mol. The number of halogens is 3. The van der Waals surface area contributed by atoms with Crippen molar-refractivity contribution in [2.24, 2.45) is 0 Å². The Balaban J connectivity index is 1.04. The van der Waals surface area contributed by atoms with Gasteiger partial charge in [-0.1, -0.05) is 0 Å². The molecule has 17 nitrogen and oxygen atoms in total. The highest BCUT2D eigenvalue weighted by Crippen LogP contribution is 2.42. The molecule has 12 rings (SSSR count). The molecule has 5 aromatic heterocycles. The molecule has 1 aromatic carbocycles. The number of nitrogens with zero attached hydrogens (tertiary/aromatic N) is 13. The normalized spacial score (nSPS) is 22.9. The molecule has 1 aliphatic carbocycles. The topological polar surface area (TPSA) is 168 Å².